The minimum Gasteiger partial charge on any atom is -0.478 e. The van der Waals surface area contributed by atoms with Gasteiger partial charge < -0.3 is 10.4 Å². The van der Waals surface area contributed by atoms with Crippen LogP contribution in [-0.2, 0) is 17.8 Å². The van der Waals surface area contributed by atoms with Gasteiger partial charge in [0.05, 0.1) is 17.8 Å². The topological polar surface area (TPSA) is 84.2 Å². The van der Waals surface area contributed by atoms with E-state index in [-0.39, 0.29) is 24.1 Å². The molecule has 23 heavy (non-hydrogen) atoms. The van der Waals surface area contributed by atoms with Crippen LogP contribution in [0.1, 0.15) is 47.8 Å². The molecule has 0 aliphatic heterocycles. The van der Waals surface area contributed by atoms with Gasteiger partial charge in [-0.25, -0.2) is 4.79 Å². The van der Waals surface area contributed by atoms with E-state index < -0.39 is 5.97 Å². The Balaban J connectivity index is 1.91. The van der Waals surface area contributed by atoms with Gasteiger partial charge in [-0.3, -0.25) is 9.48 Å². The first-order valence-corrected chi connectivity index (χ1v) is 7.63. The Labute approximate surface area is 135 Å². The maximum atomic E-state index is 12.0. The second-order valence-corrected chi connectivity index (χ2v) is 5.51. The van der Waals surface area contributed by atoms with Gasteiger partial charge in [0.25, 0.3) is 0 Å². The molecule has 1 amide bonds. The molecule has 1 aromatic heterocycles. The second kappa shape index (κ2) is 7.58. The first-order chi connectivity index (χ1) is 11.0. The van der Waals surface area contributed by atoms with E-state index in [1.54, 1.807) is 0 Å². The number of nitrogens with one attached hydrogen (secondary N) is 1. The summed E-state index contributed by atoms with van der Waals surface area (Å²) in [5.74, 6) is -1.27. The fraction of sp³-hybridized carbons (Fsp3) is 0.353. The number of aryl methyl sites for hydroxylation is 1. The monoisotopic (exact) mass is 315 g/mol. The van der Waals surface area contributed by atoms with E-state index in [1.807, 2.05) is 19.1 Å². The standard InChI is InChI=1S/C17H21N3O3/c1-3-4-13-5-7-14(8-6-13)12(2)19-16(21)11-20-10-15(9-18-20)17(22)23/h5-10,12H,3-4,11H2,1-2H3,(H,19,21)(H,22,23). The Kier molecular flexibility index (Phi) is 5.51. The van der Waals surface area contributed by atoms with E-state index in [0.29, 0.717) is 0 Å². The fourth-order valence-corrected chi connectivity index (χ4v) is 2.34. The van der Waals surface area contributed by atoms with Crippen LogP contribution in [0.5, 0.6) is 0 Å². The molecule has 0 aliphatic carbocycles. The quantitative estimate of drug-likeness (QED) is 0.822. The molecular weight excluding hydrogens is 294 g/mol. The van der Waals surface area contributed by atoms with Crippen molar-refractivity contribution in [3.8, 4) is 0 Å². The summed E-state index contributed by atoms with van der Waals surface area (Å²) in [7, 11) is 0. The summed E-state index contributed by atoms with van der Waals surface area (Å²) in [4.78, 5) is 22.8. The van der Waals surface area contributed by atoms with E-state index in [1.165, 1.54) is 22.6 Å². The molecule has 0 saturated heterocycles. The van der Waals surface area contributed by atoms with E-state index in [4.69, 9.17) is 5.11 Å². The van der Waals surface area contributed by atoms with Crippen LogP contribution in [0.15, 0.2) is 36.7 Å². The minimum atomic E-state index is -1.06. The van der Waals surface area contributed by atoms with Gasteiger partial charge in [-0.15, -0.1) is 0 Å². The highest BCUT2D eigenvalue weighted by atomic mass is 16.4. The van der Waals surface area contributed by atoms with Gasteiger partial charge >= 0.3 is 5.97 Å². The molecule has 122 valence electrons. The summed E-state index contributed by atoms with van der Waals surface area (Å²) in [6.45, 7) is 4.05. The molecule has 0 spiro atoms. The van der Waals surface area contributed by atoms with Crippen LogP contribution in [-0.4, -0.2) is 26.8 Å². The van der Waals surface area contributed by atoms with Crippen molar-refractivity contribution in [2.45, 2.75) is 39.3 Å². The number of aromatic nitrogens is 2. The minimum absolute atomic E-state index is 0.00839. The number of carboxylic acid groups (broad SMARTS) is 1. The molecule has 1 heterocycles. The molecule has 1 aromatic carbocycles. The summed E-state index contributed by atoms with van der Waals surface area (Å²) in [6.07, 6.45) is 4.72. The number of carbonyl (C=O) groups excluding carboxylic acids is 1. The fourth-order valence-electron chi connectivity index (χ4n) is 2.34. The first-order valence-electron chi connectivity index (χ1n) is 7.63. The van der Waals surface area contributed by atoms with Crippen molar-refractivity contribution < 1.29 is 14.7 Å². The van der Waals surface area contributed by atoms with Crippen molar-refractivity contribution in [2.75, 3.05) is 0 Å². The Morgan fingerprint density at radius 2 is 2.00 bits per heavy atom. The molecule has 6 heteroatoms. The SMILES string of the molecule is CCCc1ccc(C(C)NC(=O)Cn2cc(C(=O)O)cn2)cc1. The maximum absolute atomic E-state index is 12.0. The van der Waals surface area contributed by atoms with Gasteiger partial charge in [-0.2, -0.15) is 5.10 Å². The van der Waals surface area contributed by atoms with Crippen molar-refractivity contribution in [1.82, 2.24) is 15.1 Å². The van der Waals surface area contributed by atoms with E-state index >= 15 is 0 Å². The molecule has 2 aromatic rings. The third kappa shape index (κ3) is 4.67. The highest BCUT2D eigenvalue weighted by Gasteiger charge is 2.12. The predicted molar refractivity (Wildman–Crippen MR) is 86.2 cm³/mol. The Morgan fingerprint density at radius 1 is 1.30 bits per heavy atom. The lowest BCUT2D eigenvalue weighted by Gasteiger charge is -2.15. The average molecular weight is 315 g/mol. The Hall–Kier alpha value is -2.63. The van der Waals surface area contributed by atoms with E-state index in [2.05, 4.69) is 29.5 Å². The van der Waals surface area contributed by atoms with Gasteiger partial charge in [0.2, 0.25) is 5.91 Å². The Morgan fingerprint density at radius 3 is 2.57 bits per heavy atom. The first kappa shape index (κ1) is 16.7. The maximum Gasteiger partial charge on any atom is 0.338 e. The zero-order valence-electron chi connectivity index (χ0n) is 13.3. The molecule has 0 aliphatic rings. The van der Waals surface area contributed by atoms with Gasteiger partial charge in [0.1, 0.15) is 6.54 Å². The number of aromatic carboxylic acids is 1. The van der Waals surface area contributed by atoms with Crippen LogP contribution in [0.25, 0.3) is 0 Å². The number of nitrogens with zero attached hydrogens (tertiary/aromatic N) is 2. The van der Waals surface area contributed by atoms with Gasteiger partial charge in [-0.05, 0) is 24.5 Å². The summed E-state index contributed by atoms with van der Waals surface area (Å²) >= 11 is 0. The lowest BCUT2D eigenvalue weighted by atomic mass is 10.0. The van der Waals surface area contributed by atoms with Crippen LogP contribution in [0.3, 0.4) is 0 Å². The van der Waals surface area contributed by atoms with Gasteiger partial charge in [-0.1, -0.05) is 37.6 Å². The number of amides is 1. The lowest BCUT2D eigenvalue weighted by molar-refractivity contribution is -0.122. The largest absolute Gasteiger partial charge is 0.478 e. The third-order valence-electron chi connectivity index (χ3n) is 3.58. The molecule has 6 nitrogen and oxygen atoms in total. The summed E-state index contributed by atoms with van der Waals surface area (Å²) in [5, 5.41) is 15.6. The van der Waals surface area contributed by atoms with Crippen LogP contribution >= 0.6 is 0 Å². The van der Waals surface area contributed by atoms with Crippen LogP contribution in [0.2, 0.25) is 0 Å². The zero-order chi connectivity index (χ0) is 16.8. The van der Waals surface area contributed by atoms with Crippen molar-refractivity contribution in [1.29, 1.82) is 0 Å². The number of carbonyl (C=O) groups is 2. The predicted octanol–water partition coefficient (Wildman–Crippen LogP) is 2.41. The lowest BCUT2D eigenvalue weighted by Crippen LogP contribution is -2.30. The molecule has 0 saturated carbocycles. The average Bonchev–Trinajstić information content (AvgIpc) is 2.96. The number of benzene rings is 1. The summed E-state index contributed by atoms with van der Waals surface area (Å²) in [6, 6.07) is 8.08. The highest BCUT2D eigenvalue weighted by molar-refractivity contribution is 5.87. The number of hydrogen-bond donors (Lipinski definition) is 2. The molecule has 2 rings (SSSR count). The molecule has 0 fully saturated rings. The number of hydrogen-bond acceptors (Lipinski definition) is 3. The van der Waals surface area contributed by atoms with E-state index in [9.17, 15) is 9.59 Å². The van der Waals surface area contributed by atoms with E-state index in [0.717, 1.165) is 18.4 Å². The van der Waals surface area contributed by atoms with Crippen LogP contribution < -0.4 is 5.32 Å². The molecule has 1 unspecified atom stereocenters. The summed E-state index contributed by atoms with van der Waals surface area (Å²) in [5.41, 5.74) is 2.38. The molecular formula is C17H21N3O3. The van der Waals surface area contributed by atoms with Crippen molar-refractivity contribution in [3.63, 3.8) is 0 Å². The van der Waals surface area contributed by atoms with Crippen LogP contribution in [0.4, 0.5) is 0 Å². The number of carboxylic acids is 1. The van der Waals surface area contributed by atoms with Gasteiger partial charge in [0, 0.05) is 6.20 Å². The van der Waals surface area contributed by atoms with Crippen molar-refractivity contribution in [2.24, 2.45) is 0 Å². The highest BCUT2D eigenvalue weighted by Crippen LogP contribution is 2.14. The Bertz CT molecular complexity index is 677. The molecule has 2 N–H and O–H groups in total. The zero-order valence-corrected chi connectivity index (χ0v) is 13.3. The third-order valence-corrected chi connectivity index (χ3v) is 3.58. The summed E-state index contributed by atoms with van der Waals surface area (Å²) < 4.78 is 1.32. The van der Waals surface area contributed by atoms with Crippen molar-refractivity contribution in [3.05, 3.63) is 53.3 Å². The normalized spacial score (nSPS) is 11.9. The smallest absolute Gasteiger partial charge is 0.338 e. The van der Waals surface area contributed by atoms with Gasteiger partial charge in [0.15, 0.2) is 0 Å². The van der Waals surface area contributed by atoms with Crippen LogP contribution in [0, 0.1) is 0 Å². The number of rotatable bonds is 7. The molecule has 1 atom stereocenters. The molecule has 0 bridgehead atoms. The second-order valence-electron chi connectivity index (χ2n) is 5.51. The van der Waals surface area contributed by atoms with Crippen molar-refractivity contribution >= 4 is 11.9 Å². The molecule has 0 radical (unpaired) electrons.